The van der Waals surface area contributed by atoms with Gasteiger partial charge in [0.15, 0.2) is 0 Å². The van der Waals surface area contributed by atoms with Crippen molar-refractivity contribution in [3.8, 4) is 0 Å². The Morgan fingerprint density at radius 1 is 1.12 bits per heavy atom. The van der Waals surface area contributed by atoms with E-state index >= 15 is 0 Å². The standard InChI is InChI=1S/C18H24BrN3O2/c19-14-3-1-2-13(11-14)18(24)21-7-6-20-17(23)10-12-8-15-4-5-16(9-12)22-15/h1-3,11-12,15-16,22H,4-10H2,(H,20,23)(H,21,24). The van der Waals surface area contributed by atoms with Gasteiger partial charge in [-0.05, 0) is 49.8 Å². The molecule has 5 nitrogen and oxygen atoms in total. The topological polar surface area (TPSA) is 70.2 Å². The lowest BCUT2D eigenvalue weighted by Gasteiger charge is -2.28. The van der Waals surface area contributed by atoms with Crippen LogP contribution < -0.4 is 16.0 Å². The maximum atomic E-state index is 12.1. The van der Waals surface area contributed by atoms with E-state index in [1.807, 2.05) is 12.1 Å². The summed E-state index contributed by atoms with van der Waals surface area (Å²) >= 11 is 3.35. The number of carbonyl (C=O) groups excluding carboxylic acids is 2. The first-order valence-electron chi connectivity index (χ1n) is 8.66. The summed E-state index contributed by atoms with van der Waals surface area (Å²) < 4.78 is 0.874. The number of hydrogen-bond acceptors (Lipinski definition) is 3. The van der Waals surface area contributed by atoms with E-state index in [-0.39, 0.29) is 11.8 Å². The minimum absolute atomic E-state index is 0.0954. The number of hydrogen-bond donors (Lipinski definition) is 3. The van der Waals surface area contributed by atoms with Gasteiger partial charge in [-0.25, -0.2) is 0 Å². The Morgan fingerprint density at radius 3 is 2.54 bits per heavy atom. The molecular weight excluding hydrogens is 370 g/mol. The summed E-state index contributed by atoms with van der Waals surface area (Å²) in [6, 6.07) is 8.48. The van der Waals surface area contributed by atoms with E-state index in [9.17, 15) is 9.59 Å². The maximum absolute atomic E-state index is 12.1. The smallest absolute Gasteiger partial charge is 0.251 e. The Labute approximate surface area is 151 Å². The van der Waals surface area contributed by atoms with Gasteiger partial charge in [-0.1, -0.05) is 22.0 Å². The molecule has 2 unspecified atom stereocenters. The summed E-state index contributed by atoms with van der Waals surface area (Å²) in [5.41, 5.74) is 0.612. The molecule has 1 aromatic rings. The first-order valence-corrected chi connectivity index (χ1v) is 9.46. The van der Waals surface area contributed by atoms with Crippen molar-refractivity contribution in [2.45, 2.75) is 44.2 Å². The minimum Gasteiger partial charge on any atom is -0.354 e. The van der Waals surface area contributed by atoms with Crippen LogP contribution in [-0.4, -0.2) is 37.0 Å². The van der Waals surface area contributed by atoms with Crippen molar-refractivity contribution in [3.63, 3.8) is 0 Å². The van der Waals surface area contributed by atoms with E-state index in [1.165, 1.54) is 12.8 Å². The SMILES string of the molecule is O=C(CC1CC2CCC(C1)N2)NCCNC(=O)c1cccc(Br)c1. The van der Waals surface area contributed by atoms with Gasteiger partial charge in [0, 0.05) is 41.6 Å². The van der Waals surface area contributed by atoms with Crippen LogP contribution >= 0.6 is 15.9 Å². The van der Waals surface area contributed by atoms with Crippen LogP contribution in [0.1, 0.15) is 42.5 Å². The highest BCUT2D eigenvalue weighted by Crippen LogP contribution is 2.32. The fraction of sp³-hybridized carbons (Fsp3) is 0.556. The zero-order valence-electron chi connectivity index (χ0n) is 13.7. The maximum Gasteiger partial charge on any atom is 0.251 e. The molecule has 3 rings (SSSR count). The predicted molar refractivity (Wildman–Crippen MR) is 96.8 cm³/mol. The van der Waals surface area contributed by atoms with Gasteiger partial charge in [-0.2, -0.15) is 0 Å². The van der Waals surface area contributed by atoms with Crippen LogP contribution in [0.15, 0.2) is 28.7 Å². The van der Waals surface area contributed by atoms with Crippen molar-refractivity contribution in [2.75, 3.05) is 13.1 Å². The highest BCUT2D eigenvalue weighted by Gasteiger charge is 2.34. The molecule has 0 saturated carbocycles. The first kappa shape index (κ1) is 17.4. The average Bonchev–Trinajstić information content (AvgIpc) is 2.90. The van der Waals surface area contributed by atoms with Crippen LogP contribution in [-0.2, 0) is 4.79 Å². The molecule has 2 amide bonds. The van der Waals surface area contributed by atoms with Gasteiger partial charge in [-0.15, -0.1) is 0 Å². The molecule has 0 aliphatic carbocycles. The first-order chi connectivity index (χ1) is 11.6. The monoisotopic (exact) mass is 393 g/mol. The normalized spacial score (nSPS) is 25.3. The van der Waals surface area contributed by atoms with E-state index in [0.29, 0.717) is 43.1 Å². The van der Waals surface area contributed by atoms with Crippen molar-refractivity contribution in [2.24, 2.45) is 5.92 Å². The Balaban J connectivity index is 1.33. The second-order valence-corrected chi connectivity index (χ2v) is 7.71. The summed E-state index contributed by atoms with van der Waals surface area (Å²) in [6.07, 6.45) is 5.34. The number of carbonyl (C=O) groups is 2. The lowest BCUT2D eigenvalue weighted by molar-refractivity contribution is -0.122. The molecule has 24 heavy (non-hydrogen) atoms. The minimum atomic E-state index is -0.125. The number of halogens is 1. The number of amides is 2. The van der Waals surface area contributed by atoms with E-state index in [1.54, 1.807) is 12.1 Å². The Kier molecular flexibility index (Phi) is 5.89. The third-order valence-electron chi connectivity index (χ3n) is 4.86. The van der Waals surface area contributed by atoms with Gasteiger partial charge < -0.3 is 16.0 Å². The molecule has 2 bridgehead atoms. The molecule has 2 fully saturated rings. The third-order valence-corrected chi connectivity index (χ3v) is 5.36. The van der Waals surface area contributed by atoms with Gasteiger partial charge in [0.05, 0.1) is 0 Å². The molecule has 0 aromatic heterocycles. The van der Waals surface area contributed by atoms with E-state index in [0.717, 1.165) is 17.3 Å². The average molecular weight is 394 g/mol. The van der Waals surface area contributed by atoms with Crippen LogP contribution in [0.25, 0.3) is 0 Å². The fourth-order valence-corrected chi connectivity index (χ4v) is 4.19. The molecular formula is C18H24BrN3O2. The van der Waals surface area contributed by atoms with Crippen molar-refractivity contribution in [1.29, 1.82) is 0 Å². The highest BCUT2D eigenvalue weighted by atomic mass is 79.9. The summed E-state index contributed by atoms with van der Waals surface area (Å²) in [5.74, 6) is 0.471. The number of nitrogens with one attached hydrogen (secondary N) is 3. The molecule has 0 spiro atoms. The van der Waals surface area contributed by atoms with E-state index in [2.05, 4.69) is 31.9 Å². The molecule has 1 aromatic carbocycles. The fourth-order valence-electron chi connectivity index (χ4n) is 3.79. The largest absolute Gasteiger partial charge is 0.354 e. The van der Waals surface area contributed by atoms with Crippen LogP contribution in [0.3, 0.4) is 0 Å². The van der Waals surface area contributed by atoms with Crippen LogP contribution in [0.4, 0.5) is 0 Å². The van der Waals surface area contributed by atoms with Crippen molar-refractivity contribution < 1.29 is 9.59 Å². The molecule has 2 saturated heterocycles. The van der Waals surface area contributed by atoms with Crippen molar-refractivity contribution in [1.82, 2.24) is 16.0 Å². The van der Waals surface area contributed by atoms with E-state index < -0.39 is 0 Å². The number of benzene rings is 1. The van der Waals surface area contributed by atoms with E-state index in [4.69, 9.17) is 0 Å². The number of fused-ring (bicyclic) bond motifs is 2. The Hall–Kier alpha value is -1.40. The van der Waals surface area contributed by atoms with Gasteiger partial charge in [0.25, 0.3) is 5.91 Å². The molecule has 0 radical (unpaired) electrons. The molecule has 2 heterocycles. The van der Waals surface area contributed by atoms with Crippen LogP contribution in [0.5, 0.6) is 0 Å². The lowest BCUT2D eigenvalue weighted by atomic mass is 9.89. The van der Waals surface area contributed by atoms with Crippen LogP contribution in [0, 0.1) is 5.92 Å². The third kappa shape index (κ3) is 4.80. The quantitative estimate of drug-likeness (QED) is 0.648. The van der Waals surface area contributed by atoms with Crippen molar-refractivity contribution >= 4 is 27.7 Å². The van der Waals surface area contributed by atoms with Crippen molar-refractivity contribution in [3.05, 3.63) is 34.3 Å². The van der Waals surface area contributed by atoms with Gasteiger partial charge >= 0.3 is 0 Å². The summed E-state index contributed by atoms with van der Waals surface area (Å²) in [7, 11) is 0. The number of piperidine rings is 1. The molecule has 6 heteroatoms. The highest BCUT2D eigenvalue weighted by molar-refractivity contribution is 9.10. The summed E-state index contributed by atoms with van der Waals surface area (Å²) in [6.45, 7) is 0.908. The van der Waals surface area contributed by atoms with Gasteiger partial charge in [0.2, 0.25) is 5.91 Å². The summed E-state index contributed by atoms with van der Waals surface area (Å²) in [5, 5.41) is 9.33. The summed E-state index contributed by atoms with van der Waals surface area (Å²) in [4.78, 5) is 24.0. The Bertz CT molecular complexity index is 596. The number of rotatable bonds is 6. The predicted octanol–water partition coefficient (Wildman–Crippen LogP) is 2.22. The molecule has 2 aliphatic heterocycles. The zero-order chi connectivity index (χ0) is 16.9. The second kappa shape index (κ2) is 8.12. The van der Waals surface area contributed by atoms with Gasteiger partial charge in [0.1, 0.15) is 0 Å². The zero-order valence-corrected chi connectivity index (χ0v) is 15.3. The second-order valence-electron chi connectivity index (χ2n) is 6.80. The molecule has 2 aliphatic rings. The van der Waals surface area contributed by atoms with Gasteiger partial charge in [-0.3, -0.25) is 9.59 Å². The molecule has 2 atom stereocenters. The van der Waals surface area contributed by atoms with Crippen LogP contribution in [0.2, 0.25) is 0 Å². The lowest BCUT2D eigenvalue weighted by Crippen LogP contribution is -2.40. The Morgan fingerprint density at radius 2 is 1.83 bits per heavy atom. The molecule has 130 valence electrons. The molecule has 3 N–H and O–H groups in total.